The van der Waals surface area contributed by atoms with Crippen LogP contribution in [0.25, 0.3) is 22.3 Å². The molecule has 0 fully saturated rings. The number of carbonyl (C=O) groups is 3. The fraction of sp³-hybridized carbons (Fsp3) is 0.160. The molecule has 4 aromatic heterocycles. The number of anilines is 3. The van der Waals surface area contributed by atoms with Gasteiger partial charge in [0.15, 0.2) is 22.3 Å². The zero-order chi connectivity index (χ0) is 31.5. The zero-order valence-corrected chi connectivity index (χ0v) is 22.4. The van der Waals surface area contributed by atoms with Crippen molar-refractivity contribution < 1.29 is 24.6 Å². The van der Waals surface area contributed by atoms with Gasteiger partial charge < -0.3 is 32.0 Å². The molecule has 0 saturated carbocycles. The van der Waals surface area contributed by atoms with Gasteiger partial charge in [-0.25, -0.2) is 24.7 Å². The largest absolute Gasteiger partial charge is 0.481 e. The molecule has 0 radical (unpaired) electrons. The first-order chi connectivity index (χ1) is 21.0. The van der Waals surface area contributed by atoms with Crippen molar-refractivity contribution in [1.29, 1.82) is 0 Å². The van der Waals surface area contributed by atoms with Crippen molar-refractivity contribution in [2.45, 2.75) is 25.4 Å². The van der Waals surface area contributed by atoms with E-state index in [9.17, 15) is 29.1 Å². The third kappa shape index (κ3) is 5.91. The van der Waals surface area contributed by atoms with E-state index in [1.165, 1.54) is 52.5 Å². The number of hydrogen-bond donors (Lipinski definition) is 6. The molecule has 19 heteroatoms. The molecule has 1 atom stereocenters. The van der Waals surface area contributed by atoms with E-state index in [1.807, 2.05) is 0 Å². The van der Waals surface area contributed by atoms with Gasteiger partial charge in [-0.05, 0) is 30.7 Å². The van der Waals surface area contributed by atoms with Gasteiger partial charge in [0.25, 0.3) is 5.91 Å². The van der Waals surface area contributed by atoms with Gasteiger partial charge >= 0.3 is 23.1 Å². The SMILES string of the molecule is Nc1nc(=O)c2nc(CN(c3ccc(C(=O)N[C@@H](CCC(=O)O)C(=O)O)cc3)n3c(N)nc(=O)c4nccnc43)cnc2[nH]1. The average molecular weight is 603 g/mol. The van der Waals surface area contributed by atoms with Gasteiger partial charge in [-0.2, -0.15) is 14.6 Å². The molecule has 44 heavy (non-hydrogen) atoms. The van der Waals surface area contributed by atoms with Crippen LogP contribution in [0.5, 0.6) is 0 Å². The van der Waals surface area contributed by atoms with Crippen LogP contribution in [0.3, 0.4) is 0 Å². The molecule has 0 saturated heterocycles. The number of aliphatic carboxylic acids is 2. The van der Waals surface area contributed by atoms with E-state index in [4.69, 9.17) is 16.6 Å². The molecule has 0 spiro atoms. The minimum absolute atomic E-state index is 0.0376. The van der Waals surface area contributed by atoms with Crippen LogP contribution < -0.4 is 32.9 Å². The average Bonchev–Trinajstić information content (AvgIpc) is 2.98. The molecule has 19 nitrogen and oxygen atoms in total. The van der Waals surface area contributed by atoms with Gasteiger partial charge in [0, 0.05) is 24.4 Å². The first-order valence-corrected chi connectivity index (χ1v) is 12.7. The Hall–Kier alpha value is -6.53. The number of nitrogens with one attached hydrogen (secondary N) is 2. The van der Waals surface area contributed by atoms with E-state index < -0.39 is 41.4 Å². The topological polar surface area (TPSA) is 291 Å². The maximum Gasteiger partial charge on any atom is 0.326 e. The predicted octanol–water partition coefficient (Wildman–Crippen LogP) is -1.10. The van der Waals surface area contributed by atoms with Crippen LogP contribution in [-0.2, 0) is 16.1 Å². The summed E-state index contributed by atoms with van der Waals surface area (Å²) < 4.78 is 1.29. The number of H-pyrrole nitrogens is 1. The molecule has 1 aromatic carbocycles. The van der Waals surface area contributed by atoms with Crippen LogP contribution in [0.2, 0.25) is 0 Å². The summed E-state index contributed by atoms with van der Waals surface area (Å²) in [7, 11) is 0. The maximum atomic E-state index is 12.8. The van der Waals surface area contributed by atoms with Crippen molar-refractivity contribution in [3.8, 4) is 0 Å². The molecule has 224 valence electrons. The fourth-order valence-corrected chi connectivity index (χ4v) is 4.22. The van der Waals surface area contributed by atoms with E-state index in [0.29, 0.717) is 5.69 Å². The molecule has 4 heterocycles. The molecule has 8 N–H and O–H groups in total. The number of nitrogen functional groups attached to an aromatic ring is 2. The van der Waals surface area contributed by atoms with Crippen molar-refractivity contribution in [1.82, 2.24) is 44.9 Å². The lowest BCUT2D eigenvalue weighted by molar-refractivity contribution is -0.140. The first kappa shape index (κ1) is 29.0. The summed E-state index contributed by atoms with van der Waals surface area (Å²) in [5.41, 5.74) is 11.0. The lowest BCUT2D eigenvalue weighted by Crippen LogP contribution is -2.41. The summed E-state index contributed by atoms with van der Waals surface area (Å²) in [6, 6.07) is 4.33. The molecule has 0 unspecified atom stereocenters. The van der Waals surface area contributed by atoms with Crippen molar-refractivity contribution in [2.24, 2.45) is 0 Å². The highest BCUT2D eigenvalue weighted by atomic mass is 16.4. The Balaban J connectivity index is 1.55. The van der Waals surface area contributed by atoms with Crippen LogP contribution in [0.15, 0.2) is 52.4 Å². The number of fused-ring (bicyclic) bond motifs is 2. The standard InChI is InChI=1S/C25H22N12O7/c26-24-33-18-16(21(41)34-24)31-12(9-30-18)10-36(37-19-17(28-7-8-29-19)22(42)35-25(37)27)13-3-1-11(2-4-13)20(40)32-14(23(43)44)5-6-15(38)39/h1-4,7-9,14H,5-6,10H2,(H,32,40)(H,38,39)(H,43,44)(H2,27,35,42)(H3,26,30,33,34,41)/t14-/m0/s1. The lowest BCUT2D eigenvalue weighted by atomic mass is 10.1. The summed E-state index contributed by atoms with van der Waals surface area (Å²) in [4.78, 5) is 87.1. The smallest absolute Gasteiger partial charge is 0.326 e. The van der Waals surface area contributed by atoms with E-state index in [1.54, 1.807) is 0 Å². The summed E-state index contributed by atoms with van der Waals surface area (Å²) >= 11 is 0. The van der Waals surface area contributed by atoms with E-state index in [-0.39, 0.29) is 58.4 Å². The molecule has 5 rings (SSSR count). The Labute approximate surface area is 244 Å². The van der Waals surface area contributed by atoms with Gasteiger partial charge in [0.1, 0.15) is 6.04 Å². The highest BCUT2D eigenvalue weighted by Gasteiger charge is 2.23. The molecule has 5 aromatic rings. The number of nitrogens with zero attached hydrogens (tertiary/aromatic N) is 8. The number of nitrogens with two attached hydrogens (primary N) is 2. The Bertz CT molecular complexity index is 2040. The number of carboxylic acid groups (broad SMARTS) is 2. The minimum Gasteiger partial charge on any atom is -0.481 e. The Morgan fingerprint density at radius 2 is 1.66 bits per heavy atom. The van der Waals surface area contributed by atoms with Gasteiger partial charge in [-0.15, -0.1) is 0 Å². The highest BCUT2D eigenvalue weighted by molar-refractivity contribution is 5.97. The zero-order valence-electron chi connectivity index (χ0n) is 22.4. The number of carboxylic acids is 2. The summed E-state index contributed by atoms with van der Waals surface area (Å²) in [5, 5.41) is 22.0. The van der Waals surface area contributed by atoms with E-state index in [0.717, 1.165) is 0 Å². The van der Waals surface area contributed by atoms with Crippen molar-refractivity contribution in [3.63, 3.8) is 0 Å². The molecule has 0 aliphatic carbocycles. The lowest BCUT2D eigenvalue weighted by Gasteiger charge is -2.28. The Kier molecular flexibility index (Phi) is 7.74. The summed E-state index contributed by atoms with van der Waals surface area (Å²) in [6.07, 6.45) is 3.26. The molecule has 0 aliphatic rings. The second-order valence-corrected chi connectivity index (χ2v) is 9.20. The number of aromatic nitrogens is 8. The van der Waals surface area contributed by atoms with Crippen LogP contribution in [0.1, 0.15) is 28.9 Å². The second kappa shape index (κ2) is 11.8. The molecular formula is C25H22N12O7. The molecule has 0 bridgehead atoms. The van der Waals surface area contributed by atoms with Crippen molar-refractivity contribution in [2.75, 3.05) is 16.5 Å². The van der Waals surface area contributed by atoms with Gasteiger partial charge in [0.2, 0.25) is 11.9 Å². The Morgan fingerprint density at radius 1 is 0.955 bits per heavy atom. The van der Waals surface area contributed by atoms with Gasteiger partial charge in [0.05, 0.1) is 24.1 Å². The van der Waals surface area contributed by atoms with Gasteiger partial charge in [-0.3, -0.25) is 24.2 Å². The number of hydrogen-bond acceptors (Lipinski definition) is 14. The Morgan fingerprint density at radius 3 is 2.36 bits per heavy atom. The first-order valence-electron chi connectivity index (χ1n) is 12.7. The van der Waals surface area contributed by atoms with Crippen molar-refractivity contribution in [3.05, 3.63) is 74.8 Å². The maximum absolute atomic E-state index is 12.8. The minimum atomic E-state index is -1.42. The molecule has 1 amide bonds. The summed E-state index contributed by atoms with van der Waals surface area (Å²) in [5.74, 6) is -3.75. The van der Waals surface area contributed by atoms with Crippen molar-refractivity contribution >= 4 is 57.8 Å². The van der Waals surface area contributed by atoms with E-state index in [2.05, 4.69) is 40.2 Å². The number of amides is 1. The third-order valence-electron chi connectivity index (χ3n) is 6.24. The van der Waals surface area contributed by atoms with E-state index >= 15 is 0 Å². The highest BCUT2D eigenvalue weighted by Crippen LogP contribution is 2.23. The number of carbonyl (C=O) groups excluding carboxylic acids is 1. The number of rotatable bonds is 10. The third-order valence-corrected chi connectivity index (χ3v) is 6.24. The van der Waals surface area contributed by atoms with Crippen LogP contribution in [-0.4, -0.2) is 73.7 Å². The van der Waals surface area contributed by atoms with Crippen LogP contribution in [0, 0.1) is 0 Å². The molecule has 0 aliphatic heterocycles. The summed E-state index contributed by atoms with van der Waals surface area (Å²) in [6.45, 7) is -0.130. The van der Waals surface area contributed by atoms with Gasteiger partial charge in [-0.1, -0.05) is 0 Å². The molecular weight excluding hydrogens is 580 g/mol. The fourth-order valence-electron chi connectivity index (χ4n) is 4.22. The number of aromatic amines is 1. The predicted molar refractivity (Wildman–Crippen MR) is 152 cm³/mol. The van der Waals surface area contributed by atoms with Crippen LogP contribution >= 0.6 is 0 Å². The normalized spacial score (nSPS) is 11.7. The second-order valence-electron chi connectivity index (χ2n) is 9.20. The monoisotopic (exact) mass is 602 g/mol. The number of benzene rings is 1. The quantitative estimate of drug-likeness (QED) is 0.110. The van der Waals surface area contributed by atoms with Crippen LogP contribution in [0.4, 0.5) is 17.6 Å².